The van der Waals surface area contributed by atoms with E-state index in [0.717, 1.165) is 5.56 Å². The van der Waals surface area contributed by atoms with Gasteiger partial charge in [0.25, 0.3) is 0 Å². The lowest BCUT2D eigenvalue weighted by molar-refractivity contribution is -0.115. The molecule has 82 valence electrons. The van der Waals surface area contributed by atoms with Gasteiger partial charge in [0, 0.05) is 5.02 Å². The molecule has 0 saturated heterocycles. The molecule has 3 nitrogen and oxygen atoms in total. The number of hydrogen-bond acceptors (Lipinski definition) is 2. The Hall–Kier alpha value is -0.770. The average molecular weight is 247 g/mol. The lowest BCUT2D eigenvalue weighted by atomic mass is 10.2. The van der Waals surface area contributed by atoms with Gasteiger partial charge in [-0.3, -0.25) is 4.79 Å². The highest BCUT2D eigenvalue weighted by molar-refractivity contribution is 6.36. The molecular weight excluding hydrogens is 235 g/mol. The molecule has 1 aromatic carbocycles. The number of anilines is 1. The lowest BCUT2D eigenvalue weighted by Gasteiger charge is -2.08. The van der Waals surface area contributed by atoms with Crippen molar-refractivity contribution < 1.29 is 4.79 Å². The maximum atomic E-state index is 11.3. The zero-order valence-electron chi connectivity index (χ0n) is 8.53. The molecule has 0 bridgehead atoms. The number of hydrogen-bond donors (Lipinski definition) is 2. The van der Waals surface area contributed by atoms with Gasteiger partial charge in [-0.2, -0.15) is 0 Å². The van der Waals surface area contributed by atoms with Crippen molar-refractivity contribution in [3.8, 4) is 0 Å². The summed E-state index contributed by atoms with van der Waals surface area (Å²) in [5.41, 5.74) is 1.42. The van der Waals surface area contributed by atoms with Crippen LogP contribution in [0.4, 0.5) is 5.69 Å². The van der Waals surface area contributed by atoms with E-state index in [1.807, 2.05) is 6.92 Å². The topological polar surface area (TPSA) is 41.1 Å². The SMILES string of the molecule is CNCC(=O)Nc1cc(Cl)c(C)cc1Cl. The van der Waals surface area contributed by atoms with E-state index in [-0.39, 0.29) is 12.5 Å². The summed E-state index contributed by atoms with van der Waals surface area (Å²) in [6.45, 7) is 2.09. The molecule has 1 aromatic rings. The lowest BCUT2D eigenvalue weighted by Crippen LogP contribution is -2.25. The first kappa shape index (κ1) is 12.3. The Labute approximate surface area is 98.8 Å². The predicted molar refractivity (Wildman–Crippen MR) is 63.8 cm³/mol. The third-order valence-electron chi connectivity index (χ3n) is 1.86. The van der Waals surface area contributed by atoms with Gasteiger partial charge in [0.2, 0.25) is 5.91 Å². The summed E-state index contributed by atoms with van der Waals surface area (Å²) in [5, 5.41) is 6.48. The molecule has 0 aliphatic rings. The first-order valence-corrected chi connectivity index (χ1v) is 5.20. The first-order valence-electron chi connectivity index (χ1n) is 4.44. The van der Waals surface area contributed by atoms with Crippen LogP contribution in [-0.4, -0.2) is 19.5 Å². The van der Waals surface area contributed by atoms with Gasteiger partial charge in [-0.15, -0.1) is 0 Å². The zero-order chi connectivity index (χ0) is 11.4. The summed E-state index contributed by atoms with van der Waals surface area (Å²) in [6.07, 6.45) is 0. The van der Waals surface area contributed by atoms with Gasteiger partial charge >= 0.3 is 0 Å². The number of halogens is 2. The normalized spacial score (nSPS) is 10.1. The van der Waals surface area contributed by atoms with Gasteiger partial charge in [-0.1, -0.05) is 23.2 Å². The van der Waals surface area contributed by atoms with E-state index in [1.54, 1.807) is 19.2 Å². The third kappa shape index (κ3) is 3.38. The molecule has 0 radical (unpaired) electrons. The highest BCUT2D eigenvalue weighted by atomic mass is 35.5. The number of likely N-dealkylation sites (N-methyl/N-ethyl adjacent to an activating group) is 1. The Kier molecular flexibility index (Phi) is 4.39. The smallest absolute Gasteiger partial charge is 0.238 e. The van der Waals surface area contributed by atoms with E-state index in [0.29, 0.717) is 15.7 Å². The van der Waals surface area contributed by atoms with Gasteiger partial charge in [0.1, 0.15) is 0 Å². The van der Waals surface area contributed by atoms with E-state index in [9.17, 15) is 4.79 Å². The number of benzene rings is 1. The van der Waals surface area contributed by atoms with Crippen molar-refractivity contribution in [3.63, 3.8) is 0 Å². The summed E-state index contributed by atoms with van der Waals surface area (Å²) in [4.78, 5) is 11.3. The molecule has 1 rings (SSSR count). The highest BCUT2D eigenvalue weighted by Gasteiger charge is 2.07. The number of nitrogens with one attached hydrogen (secondary N) is 2. The molecule has 0 atom stereocenters. The molecule has 2 N–H and O–H groups in total. The van der Waals surface area contributed by atoms with Crippen LogP contribution in [0.5, 0.6) is 0 Å². The molecule has 0 fully saturated rings. The van der Waals surface area contributed by atoms with Crippen LogP contribution < -0.4 is 10.6 Å². The Morgan fingerprint density at radius 3 is 2.60 bits per heavy atom. The van der Waals surface area contributed by atoms with E-state index in [4.69, 9.17) is 23.2 Å². The number of rotatable bonds is 3. The van der Waals surface area contributed by atoms with Crippen LogP contribution in [0.2, 0.25) is 10.0 Å². The molecule has 0 aliphatic carbocycles. The van der Waals surface area contributed by atoms with Crippen LogP contribution in [0.15, 0.2) is 12.1 Å². The Morgan fingerprint density at radius 2 is 2.00 bits per heavy atom. The minimum absolute atomic E-state index is 0.153. The maximum Gasteiger partial charge on any atom is 0.238 e. The molecule has 0 aromatic heterocycles. The van der Waals surface area contributed by atoms with Crippen molar-refractivity contribution in [2.45, 2.75) is 6.92 Å². The number of aryl methyl sites for hydroxylation is 1. The quantitative estimate of drug-likeness (QED) is 0.861. The molecule has 0 spiro atoms. The molecule has 1 amide bonds. The third-order valence-corrected chi connectivity index (χ3v) is 2.58. The van der Waals surface area contributed by atoms with Crippen molar-refractivity contribution in [1.82, 2.24) is 5.32 Å². The van der Waals surface area contributed by atoms with Gasteiger partial charge < -0.3 is 10.6 Å². The molecule has 0 aliphatic heterocycles. The maximum absolute atomic E-state index is 11.3. The van der Waals surface area contributed by atoms with Crippen LogP contribution in [0, 0.1) is 6.92 Å². The van der Waals surface area contributed by atoms with Crippen LogP contribution in [0.25, 0.3) is 0 Å². The summed E-state index contributed by atoms with van der Waals surface area (Å²) in [6, 6.07) is 3.37. The number of amides is 1. The highest BCUT2D eigenvalue weighted by Crippen LogP contribution is 2.28. The van der Waals surface area contributed by atoms with E-state index >= 15 is 0 Å². The standard InChI is InChI=1S/C10H12Cl2N2O/c1-6-3-8(12)9(4-7(6)11)14-10(15)5-13-2/h3-4,13H,5H2,1-2H3,(H,14,15). The molecule has 0 unspecified atom stereocenters. The number of carbonyl (C=O) groups is 1. The van der Waals surface area contributed by atoms with Crippen LogP contribution in [0.3, 0.4) is 0 Å². The minimum atomic E-state index is -0.153. The van der Waals surface area contributed by atoms with Gasteiger partial charge in [-0.25, -0.2) is 0 Å². The minimum Gasteiger partial charge on any atom is -0.324 e. The van der Waals surface area contributed by atoms with Crippen molar-refractivity contribution in [2.24, 2.45) is 0 Å². The van der Waals surface area contributed by atoms with E-state index in [2.05, 4.69) is 10.6 Å². The van der Waals surface area contributed by atoms with E-state index < -0.39 is 0 Å². The molecule has 0 heterocycles. The Morgan fingerprint density at radius 1 is 1.33 bits per heavy atom. The Bertz CT molecular complexity index is 380. The molecular formula is C10H12Cl2N2O. The van der Waals surface area contributed by atoms with Crippen molar-refractivity contribution in [3.05, 3.63) is 27.7 Å². The fraction of sp³-hybridized carbons (Fsp3) is 0.300. The predicted octanol–water partition coefficient (Wildman–Crippen LogP) is 2.46. The molecule has 0 saturated carbocycles. The van der Waals surface area contributed by atoms with Gasteiger partial charge in [0.05, 0.1) is 17.3 Å². The van der Waals surface area contributed by atoms with Crippen LogP contribution >= 0.6 is 23.2 Å². The second-order valence-corrected chi connectivity index (χ2v) is 3.97. The van der Waals surface area contributed by atoms with Gasteiger partial charge in [-0.05, 0) is 31.7 Å². The second kappa shape index (κ2) is 5.35. The van der Waals surface area contributed by atoms with Crippen molar-refractivity contribution in [2.75, 3.05) is 18.9 Å². The monoisotopic (exact) mass is 246 g/mol. The second-order valence-electron chi connectivity index (χ2n) is 3.16. The first-order chi connectivity index (χ1) is 7.04. The van der Waals surface area contributed by atoms with Crippen molar-refractivity contribution in [1.29, 1.82) is 0 Å². The van der Waals surface area contributed by atoms with Crippen LogP contribution in [-0.2, 0) is 4.79 Å². The van der Waals surface area contributed by atoms with Crippen LogP contribution in [0.1, 0.15) is 5.56 Å². The van der Waals surface area contributed by atoms with Crippen molar-refractivity contribution >= 4 is 34.8 Å². The average Bonchev–Trinajstić information content (AvgIpc) is 2.14. The summed E-state index contributed by atoms with van der Waals surface area (Å²) >= 11 is 11.9. The summed E-state index contributed by atoms with van der Waals surface area (Å²) in [5.74, 6) is -0.153. The molecule has 15 heavy (non-hydrogen) atoms. The summed E-state index contributed by atoms with van der Waals surface area (Å²) < 4.78 is 0. The Balaban J connectivity index is 2.86. The summed E-state index contributed by atoms with van der Waals surface area (Å²) in [7, 11) is 1.70. The fourth-order valence-electron chi connectivity index (χ4n) is 1.10. The van der Waals surface area contributed by atoms with E-state index in [1.165, 1.54) is 0 Å². The van der Waals surface area contributed by atoms with Gasteiger partial charge in [0.15, 0.2) is 0 Å². The number of carbonyl (C=O) groups excluding carboxylic acids is 1. The molecule has 5 heteroatoms. The zero-order valence-corrected chi connectivity index (χ0v) is 10.0. The largest absolute Gasteiger partial charge is 0.324 e. The fourth-order valence-corrected chi connectivity index (χ4v) is 1.53.